The predicted octanol–water partition coefficient (Wildman–Crippen LogP) is 2.03. The molecular formula is C16H21N3O3. The Morgan fingerprint density at radius 1 is 1.27 bits per heavy atom. The number of nitriles is 1. The topological polar surface area (TPSA) is 65.8 Å². The second-order valence-electron chi connectivity index (χ2n) is 5.03. The van der Waals surface area contributed by atoms with Crippen LogP contribution in [0.2, 0.25) is 0 Å². The van der Waals surface area contributed by atoms with Gasteiger partial charge in [-0.2, -0.15) is 5.26 Å². The van der Waals surface area contributed by atoms with E-state index in [-0.39, 0.29) is 12.1 Å². The van der Waals surface area contributed by atoms with E-state index in [4.69, 9.17) is 9.47 Å². The summed E-state index contributed by atoms with van der Waals surface area (Å²) in [4.78, 5) is 15.5. The molecule has 6 heteroatoms. The average Bonchev–Trinajstić information content (AvgIpc) is 2.57. The summed E-state index contributed by atoms with van der Waals surface area (Å²) in [5, 5.41) is 9.49. The van der Waals surface area contributed by atoms with Crippen LogP contribution in [0.3, 0.4) is 0 Å². The molecule has 0 N–H and O–H groups in total. The zero-order valence-electron chi connectivity index (χ0n) is 13.0. The number of benzene rings is 1. The highest BCUT2D eigenvalue weighted by Gasteiger charge is 2.27. The molecule has 1 aliphatic heterocycles. The zero-order chi connectivity index (χ0) is 15.9. The summed E-state index contributed by atoms with van der Waals surface area (Å²) in [6.07, 6.45) is -0.278. The largest absolute Gasteiger partial charge is 0.497 e. The van der Waals surface area contributed by atoms with Gasteiger partial charge in [0.15, 0.2) is 0 Å². The number of piperazine rings is 1. The van der Waals surface area contributed by atoms with Crippen molar-refractivity contribution in [2.45, 2.75) is 13.0 Å². The molecule has 0 saturated carbocycles. The molecule has 1 amide bonds. The normalized spacial score (nSPS) is 16.7. The van der Waals surface area contributed by atoms with Crippen LogP contribution in [-0.4, -0.2) is 55.8 Å². The quantitative estimate of drug-likeness (QED) is 0.851. The van der Waals surface area contributed by atoms with Crippen LogP contribution in [-0.2, 0) is 4.74 Å². The lowest BCUT2D eigenvalue weighted by molar-refractivity contribution is 0.0733. The van der Waals surface area contributed by atoms with Gasteiger partial charge in [-0.25, -0.2) is 4.79 Å². The number of amides is 1. The number of carbonyl (C=O) groups is 1. The van der Waals surface area contributed by atoms with Crippen LogP contribution in [0.25, 0.3) is 0 Å². The standard InChI is InChI=1S/C16H21N3O3/c1-3-22-16(20)19-10-8-18(9-11-19)15(12-17)13-4-6-14(21-2)7-5-13/h4-7,15H,3,8-11H2,1-2H3. The van der Waals surface area contributed by atoms with E-state index < -0.39 is 0 Å². The lowest BCUT2D eigenvalue weighted by Crippen LogP contribution is -2.49. The maximum Gasteiger partial charge on any atom is 0.409 e. The van der Waals surface area contributed by atoms with Crippen molar-refractivity contribution in [1.29, 1.82) is 5.26 Å². The Balaban J connectivity index is 1.98. The summed E-state index contributed by atoms with van der Waals surface area (Å²) in [7, 11) is 1.62. The van der Waals surface area contributed by atoms with Crippen molar-refractivity contribution in [2.75, 3.05) is 39.9 Å². The predicted molar refractivity (Wildman–Crippen MR) is 81.5 cm³/mol. The van der Waals surface area contributed by atoms with Crippen molar-refractivity contribution < 1.29 is 14.3 Å². The van der Waals surface area contributed by atoms with E-state index in [9.17, 15) is 10.1 Å². The molecule has 1 atom stereocenters. The van der Waals surface area contributed by atoms with E-state index in [2.05, 4.69) is 11.0 Å². The number of nitrogens with zero attached hydrogens (tertiary/aromatic N) is 3. The Morgan fingerprint density at radius 3 is 2.41 bits per heavy atom. The summed E-state index contributed by atoms with van der Waals surface area (Å²) in [5.74, 6) is 0.771. The maximum absolute atomic E-state index is 11.7. The Morgan fingerprint density at radius 2 is 1.91 bits per heavy atom. The Labute approximate surface area is 130 Å². The summed E-state index contributed by atoms with van der Waals surface area (Å²) >= 11 is 0. The first-order valence-corrected chi connectivity index (χ1v) is 7.39. The summed E-state index contributed by atoms with van der Waals surface area (Å²) in [6, 6.07) is 9.56. The summed E-state index contributed by atoms with van der Waals surface area (Å²) < 4.78 is 10.1. The van der Waals surface area contributed by atoms with Crippen LogP contribution in [0.1, 0.15) is 18.5 Å². The Hall–Kier alpha value is -2.26. The van der Waals surface area contributed by atoms with Crippen LogP contribution in [0, 0.1) is 11.3 Å². The van der Waals surface area contributed by atoms with Gasteiger partial charge >= 0.3 is 6.09 Å². The van der Waals surface area contributed by atoms with Gasteiger partial charge in [-0.1, -0.05) is 12.1 Å². The molecule has 1 saturated heterocycles. The van der Waals surface area contributed by atoms with E-state index >= 15 is 0 Å². The van der Waals surface area contributed by atoms with E-state index in [1.165, 1.54) is 0 Å². The van der Waals surface area contributed by atoms with Crippen molar-refractivity contribution in [1.82, 2.24) is 9.80 Å². The molecule has 1 heterocycles. The highest BCUT2D eigenvalue weighted by Crippen LogP contribution is 2.23. The first kappa shape index (κ1) is 16.1. The third-order valence-electron chi connectivity index (χ3n) is 3.76. The lowest BCUT2D eigenvalue weighted by atomic mass is 10.1. The highest BCUT2D eigenvalue weighted by atomic mass is 16.6. The van der Waals surface area contributed by atoms with Crippen molar-refractivity contribution in [3.63, 3.8) is 0 Å². The molecule has 1 fully saturated rings. The monoisotopic (exact) mass is 303 g/mol. The first-order chi connectivity index (χ1) is 10.7. The Kier molecular flexibility index (Phi) is 5.61. The molecule has 0 aliphatic carbocycles. The molecule has 0 spiro atoms. The fourth-order valence-electron chi connectivity index (χ4n) is 2.53. The van der Waals surface area contributed by atoms with Crippen molar-refractivity contribution in [3.8, 4) is 11.8 Å². The van der Waals surface area contributed by atoms with Gasteiger partial charge in [0.1, 0.15) is 11.8 Å². The Bertz CT molecular complexity index is 531. The maximum atomic E-state index is 11.7. The summed E-state index contributed by atoms with van der Waals surface area (Å²) in [6.45, 7) is 4.64. The minimum Gasteiger partial charge on any atom is -0.497 e. The number of ether oxygens (including phenoxy) is 2. The molecule has 0 radical (unpaired) electrons. The van der Waals surface area contributed by atoms with Gasteiger partial charge in [-0.3, -0.25) is 4.90 Å². The van der Waals surface area contributed by atoms with Crippen LogP contribution in [0.5, 0.6) is 5.75 Å². The fraction of sp³-hybridized carbons (Fsp3) is 0.500. The third kappa shape index (κ3) is 3.68. The molecule has 1 aliphatic rings. The van der Waals surface area contributed by atoms with Gasteiger partial charge in [0.2, 0.25) is 0 Å². The molecule has 1 aromatic carbocycles. The lowest BCUT2D eigenvalue weighted by Gasteiger charge is -2.36. The van der Waals surface area contributed by atoms with Crippen LogP contribution in [0.15, 0.2) is 24.3 Å². The molecular weight excluding hydrogens is 282 g/mol. The zero-order valence-corrected chi connectivity index (χ0v) is 13.0. The van der Waals surface area contributed by atoms with Crippen LogP contribution in [0.4, 0.5) is 4.79 Å². The average molecular weight is 303 g/mol. The van der Waals surface area contributed by atoms with Gasteiger partial charge in [0, 0.05) is 26.2 Å². The molecule has 0 aromatic heterocycles. The van der Waals surface area contributed by atoms with Gasteiger partial charge in [-0.15, -0.1) is 0 Å². The van der Waals surface area contributed by atoms with Gasteiger partial charge in [0.25, 0.3) is 0 Å². The second-order valence-corrected chi connectivity index (χ2v) is 5.03. The highest BCUT2D eigenvalue weighted by molar-refractivity contribution is 5.67. The van der Waals surface area contributed by atoms with Crippen molar-refractivity contribution in [3.05, 3.63) is 29.8 Å². The molecule has 118 valence electrons. The molecule has 1 aromatic rings. The molecule has 0 bridgehead atoms. The van der Waals surface area contributed by atoms with E-state index in [1.54, 1.807) is 18.9 Å². The number of hydrogen-bond acceptors (Lipinski definition) is 5. The second kappa shape index (κ2) is 7.66. The fourth-order valence-corrected chi connectivity index (χ4v) is 2.53. The number of rotatable bonds is 4. The van der Waals surface area contributed by atoms with Crippen molar-refractivity contribution >= 4 is 6.09 Å². The van der Waals surface area contributed by atoms with E-state index in [1.807, 2.05) is 24.3 Å². The van der Waals surface area contributed by atoms with Gasteiger partial charge < -0.3 is 14.4 Å². The van der Waals surface area contributed by atoms with E-state index in [0.717, 1.165) is 11.3 Å². The SMILES string of the molecule is CCOC(=O)N1CCN(C(C#N)c2ccc(OC)cc2)CC1. The van der Waals surface area contributed by atoms with E-state index in [0.29, 0.717) is 32.8 Å². The molecule has 1 unspecified atom stereocenters. The minimum atomic E-state index is -0.310. The third-order valence-corrected chi connectivity index (χ3v) is 3.76. The van der Waals surface area contributed by atoms with Crippen LogP contribution < -0.4 is 4.74 Å². The molecule has 22 heavy (non-hydrogen) atoms. The van der Waals surface area contributed by atoms with Crippen molar-refractivity contribution in [2.24, 2.45) is 0 Å². The smallest absolute Gasteiger partial charge is 0.409 e. The molecule has 2 rings (SSSR count). The summed E-state index contributed by atoms with van der Waals surface area (Å²) in [5.41, 5.74) is 0.938. The van der Waals surface area contributed by atoms with Gasteiger partial charge in [0.05, 0.1) is 19.8 Å². The van der Waals surface area contributed by atoms with Gasteiger partial charge in [-0.05, 0) is 24.6 Å². The molecule has 6 nitrogen and oxygen atoms in total. The number of methoxy groups -OCH3 is 1. The number of carbonyl (C=O) groups excluding carboxylic acids is 1. The number of hydrogen-bond donors (Lipinski definition) is 0. The van der Waals surface area contributed by atoms with Crippen LogP contribution >= 0.6 is 0 Å². The first-order valence-electron chi connectivity index (χ1n) is 7.39. The minimum absolute atomic E-state index is 0.278.